The van der Waals surface area contributed by atoms with Gasteiger partial charge in [0.15, 0.2) is 0 Å². The Morgan fingerprint density at radius 2 is 2.11 bits per heavy atom. The SMILES string of the molecule is COc1ccc2c(c1)SN([C@@H]1CN3CCC1CC3)C2. The van der Waals surface area contributed by atoms with E-state index in [1.54, 1.807) is 7.11 Å². The van der Waals surface area contributed by atoms with Crippen LogP contribution in [0.4, 0.5) is 0 Å². The van der Waals surface area contributed by atoms with Crippen LogP contribution in [0, 0.1) is 5.92 Å². The topological polar surface area (TPSA) is 15.7 Å². The lowest BCUT2D eigenvalue weighted by Gasteiger charge is -2.47. The first-order valence-electron chi connectivity index (χ1n) is 7.17. The highest BCUT2D eigenvalue weighted by molar-refractivity contribution is 7.97. The largest absolute Gasteiger partial charge is 0.497 e. The molecule has 5 rings (SSSR count). The number of rotatable bonds is 2. The molecule has 0 aromatic heterocycles. The van der Waals surface area contributed by atoms with Crippen molar-refractivity contribution in [2.24, 2.45) is 5.92 Å². The van der Waals surface area contributed by atoms with E-state index in [-0.39, 0.29) is 0 Å². The molecule has 3 nitrogen and oxygen atoms in total. The van der Waals surface area contributed by atoms with E-state index in [0.29, 0.717) is 0 Å². The molecule has 0 unspecified atom stereocenters. The fourth-order valence-electron chi connectivity index (χ4n) is 3.65. The fraction of sp³-hybridized carbons (Fsp3) is 0.600. The summed E-state index contributed by atoms with van der Waals surface area (Å²) in [5.74, 6) is 1.88. The van der Waals surface area contributed by atoms with E-state index in [9.17, 15) is 0 Å². The smallest absolute Gasteiger partial charge is 0.120 e. The number of methoxy groups -OCH3 is 1. The maximum Gasteiger partial charge on any atom is 0.120 e. The van der Waals surface area contributed by atoms with Gasteiger partial charge in [0.25, 0.3) is 0 Å². The highest BCUT2D eigenvalue weighted by atomic mass is 32.2. The standard InChI is InChI=1S/C15H20N2OS/c1-18-13-3-2-12-9-17(19-15(12)8-13)14-10-16-6-4-11(14)5-7-16/h2-3,8,11,14H,4-7,9-10H2,1H3/t14-/m1/s1. The summed E-state index contributed by atoms with van der Waals surface area (Å²) in [4.78, 5) is 4.02. The number of hydrogen-bond donors (Lipinski definition) is 0. The highest BCUT2D eigenvalue weighted by Gasteiger charge is 2.39. The van der Waals surface area contributed by atoms with Gasteiger partial charge in [0.2, 0.25) is 0 Å². The number of nitrogens with zero attached hydrogens (tertiary/aromatic N) is 2. The van der Waals surface area contributed by atoms with E-state index in [4.69, 9.17) is 4.74 Å². The quantitative estimate of drug-likeness (QED) is 0.771. The summed E-state index contributed by atoms with van der Waals surface area (Å²) in [7, 11) is 1.74. The van der Waals surface area contributed by atoms with Crippen LogP contribution in [0.5, 0.6) is 5.75 Å². The molecule has 0 saturated carbocycles. The number of ether oxygens (including phenoxy) is 1. The van der Waals surface area contributed by atoms with Gasteiger partial charge < -0.3 is 9.64 Å². The van der Waals surface area contributed by atoms with Crippen molar-refractivity contribution in [2.75, 3.05) is 26.7 Å². The van der Waals surface area contributed by atoms with E-state index in [1.807, 2.05) is 11.9 Å². The molecule has 2 bridgehead atoms. The first kappa shape index (κ1) is 12.1. The van der Waals surface area contributed by atoms with Crippen LogP contribution >= 0.6 is 11.9 Å². The van der Waals surface area contributed by atoms with Crippen molar-refractivity contribution in [3.8, 4) is 5.75 Å². The number of piperidine rings is 3. The van der Waals surface area contributed by atoms with Gasteiger partial charge in [0.1, 0.15) is 5.75 Å². The van der Waals surface area contributed by atoms with Crippen LogP contribution in [0.2, 0.25) is 0 Å². The summed E-state index contributed by atoms with van der Waals surface area (Å²) in [5.41, 5.74) is 1.46. The van der Waals surface area contributed by atoms with Crippen molar-refractivity contribution in [3.05, 3.63) is 23.8 Å². The number of benzene rings is 1. The predicted octanol–water partition coefficient (Wildman–Crippen LogP) is 2.61. The molecule has 102 valence electrons. The minimum absolute atomic E-state index is 0.742. The van der Waals surface area contributed by atoms with E-state index in [2.05, 4.69) is 27.4 Å². The Morgan fingerprint density at radius 1 is 1.26 bits per heavy atom. The molecular weight excluding hydrogens is 256 g/mol. The molecule has 1 aromatic carbocycles. The molecule has 0 amide bonds. The van der Waals surface area contributed by atoms with Crippen LogP contribution in [0.3, 0.4) is 0 Å². The Bertz CT molecular complexity index is 485. The Balaban J connectivity index is 1.53. The maximum atomic E-state index is 5.33. The molecule has 3 saturated heterocycles. The molecule has 3 fully saturated rings. The lowest BCUT2D eigenvalue weighted by molar-refractivity contribution is 0.0420. The van der Waals surface area contributed by atoms with Gasteiger partial charge in [-0.15, -0.1) is 0 Å². The van der Waals surface area contributed by atoms with Crippen molar-refractivity contribution >= 4 is 11.9 Å². The highest BCUT2D eigenvalue weighted by Crippen LogP contribution is 2.43. The molecule has 4 aliphatic rings. The zero-order chi connectivity index (χ0) is 12.8. The van der Waals surface area contributed by atoms with Gasteiger partial charge in [0.05, 0.1) is 7.11 Å². The van der Waals surface area contributed by atoms with Gasteiger partial charge >= 0.3 is 0 Å². The normalized spacial score (nSPS) is 33.4. The van der Waals surface area contributed by atoms with Crippen LogP contribution in [-0.4, -0.2) is 42.0 Å². The summed E-state index contributed by atoms with van der Waals surface area (Å²) < 4.78 is 7.94. The van der Waals surface area contributed by atoms with Gasteiger partial charge in [-0.2, -0.15) is 0 Å². The monoisotopic (exact) mass is 276 g/mol. The second kappa shape index (κ2) is 4.69. The molecule has 0 spiro atoms. The molecule has 0 N–H and O–H groups in total. The Labute approximate surface area is 119 Å². The predicted molar refractivity (Wildman–Crippen MR) is 77.3 cm³/mol. The number of hydrogen-bond acceptors (Lipinski definition) is 4. The second-order valence-electron chi connectivity index (χ2n) is 5.85. The Kier molecular flexibility index (Phi) is 2.98. The van der Waals surface area contributed by atoms with Crippen molar-refractivity contribution < 1.29 is 4.74 Å². The molecule has 4 heterocycles. The average molecular weight is 276 g/mol. The maximum absolute atomic E-state index is 5.33. The molecule has 4 aliphatic heterocycles. The second-order valence-corrected chi connectivity index (χ2v) is 6.94. The van der Waals surface area contributed by atoms with Crippen molar-refractivity contribution in [1.82, 2.24) is 9.21 Å². The summed E-state index contributed by atoms with van der Waals surface area (Å²) in [6.07, 6.45) is 2.78. The Hall–Kier alpha value is -0.710. The van der Waals surface area contributed by atoms with Gasteiger partial charge in [-0.1, -0.05) is 6.07 Å². The summed E-state index contributed by atoms with van der Waals surface area (Å²) in [6.45, 7) is 5.00. The third-order valence-electron chi connectivity index (χ3n) is 4.81. The lowest BCUT2D eigenvalue weighted by Crippen LogP contribution is -2.54. The fourth-order valence-corrected chi connectivity index (χ4v) is 4.90. The van der Waals surface area contributed by atoms with Gasteiger partial charge in [-0.3, -0.25) is 0 Å². The molecule has 4 heteroatoms. The third kappa shape index (κ3) is 2.06. The first-order chi connectivity index (χ1) is 9.33. The molecule has 0 aliphatic carbocycles. The summed E-state index contributed by atoms with van der Waals surface area (Å²) in [5, 5.41) is 0. The summed E-state index contributed by atoms with van der Waals surface area (Å²) >= 11 is 1.94. The first-order valence-corrected chi connectivity index (χ1v) is 7.95. The third-order valence-corrected chi connectivity index (χ3v) is 6.02. The molecule has 1 atom stereocenters. The zero-order valence-corrected chi connectivity index (χ0v) is 12.2. The van der Waals surface area contributed by atoms with Crippen LogP contribution in [0.1, 0.15) is 18.4 Å². The van der Waals surface area contributed by atoms with Gasteiger partial charge in [-0.05, 0) is 61.5 Å². The van der Waals surface area contributed by atoms with Crippen molar-refractivity contribution in [3.63, 3.8) is 0 Å². The lowest BCUT2D eigenvalue weighted by atomic mass is 9.84. The van der Waals surface area contributed by atoms with Crippen LogP contribution in [0.15, 0.2) is 23.1 Å². The Morgan fingerprint density at radius 3 is 2.79 bits per heavy atom. The van der Waals surface area contributed by atoms with E-state index >= 15 is 0 Å². The van der Waals surface area contributed by atoms with Crippen LogP contribution in [0.25, 0.3) is 0 Å². The van der Waals surface area contributed by atoms with E-state index in [0.717, 1.165) is 24.3 Å². The van der Waals surface area contributed by atoms with Crippen molar-refractivity contribution in [2.45, 2.75) is 30.3 Å². The molecular formula is C15H20N2OS. The molecule has 0 radical (unpaired) electrons. The van der Waals surface area contributed by atoms with E-state index < -0.39 is 0 Å². The minimum atomic E-state index is 0.742. The van der Waals surface area contributed by atoms with Crippen molar-refractivity contribution in [1.29, 1.82) is 0 Å². The minimum Gasteiger partial charge on any atom is -0.497 e. The molecule has 19 heavy (non-hydrogen) atoms. The average Bonchev–Trinajstić information content (AvgIpc) is 2.91. The van der Waals surface area contributed by atoms with Crippen LogP contribution in [-0.2, 0) is 6.54 Å². The van der Waals surface area contributed by atoms with E-state index in [1.165, 1.54) is 42.9 Å². The number of fused-ring (bicyclic) bond motifs is 4. The van der Waals surface area contributed by atoms with Crippen LogP contribution < -0.4 is 4.74 Å². The molecule has 1 aromatic rings. The van der Waals surface area contributed by atoms with Gasteiger partial charge in [-0.25, -0.2) is 4.31 Å². The zero-order valence-electron chi connectivity index (χ0n) is 11.3. The summed E-state index contributed by atoms with van der Waals surface area (Å²) in [6, 6.07) is 7.23. The van der Waals surface area contributed by atoms with Gasteiger partial charge in [0, 0.05) is 24.0 Å².